The zero-order valence-corrected chi connectivity index (χ0v) is 19.9. The van der Waals surface area contributed by atoms with E-state index in [1.54, 1.807) is 47.4 Å². The predicted octanol–water partition coefficient (Wildman–Crippen LogP) is 3.58. The van der Waals surface area contributed by atoms with Gasteiger partial charge in [0.1, 0.15) is 5.69 Å². The third-order valence-corrected chi connectivity index (χ3v) is 8.00. The van der Waals surface area contributed by atoms with E-state index in [2.05, 4.69) is 0 Å². The van der Waals surface area contributed by atoms with Gasteiger partial charge in [-0.05, 0) is 61.4 Å². The fraction of sp³-hybridized carbons (Fsp3) is 0.280. The number of piperidine rings is 1. The van der Waals surface area contributed by atoms with Crippen molar-refractivity contribution in [3.8, 4) is 0 Å². The third-order valence-electron chi connectivity index (χ3n) is 6.20. The highest BCUT2D eigenvalue weighted by Gasteiger charge is 2.27. The predicted molar refractivity (Wildman–Crippen MR) is 128 cm³/mol. The number of carbonyl (C=O) groups excluding carboxylic acids is 2. The van der Waals surface area contributed by atoms with Gasteiger partial charge in [-0.1, -0.05) is 18.2 Å². The standard InChI is InChI=1S/C25H27N3O5S/c1-26(20-7-4-3-5-8-20)34(31,32)22-12-10-19(11-13-22)24(29)27-17-14-21(15-18-27)28-16-6-9-23(28)25(30)33-2/h3-13,16,21H,14-15,17-18H2,1-2H3. The first-order valence-electron chi connectivity index (χ1n) is 11.0. The largest absolute Gasteiger partial charge is 0.464 e. The molecule has 0 saturated carbocycles. The van der Waals surface area contributed by atoms with Crippen LogP contribution >= 0.6 is 0 Å². The van der Waals surface area contributed by atoms with Crippen LogP contribution in [0.5, 0.6) is 0 Å². The van der Waals surface area contributed by atoms with Crippen LogP contribution in [0.4, 0.5) is 5.69 Å². The number of rotatable bonds is 6. The summed E-state index contributed by atoms with van der Waals surface area (Å²) in [4.78, 5) is 26.9. The Kier molecular flexibility index (Phi) is 6.74. The van der Waals surface area contributed by atoms with Crippen molar-refractivity contribution in [2.24, 2.45) is 0 Å². The van der Waals surface area contributed by atoms with Crippen molar-refractivity contribution in [1.82, 2.24) is 9.47 Å². The number of ether oxygens (including phenoxy) is 1. The summed E-state index contributed by atoms with van der Waals surface area (Å²) in [6, 6.07) is 18.5. The van der Waals surface area contributed by atoms with Crippen LogP contribution < -0.4 is 4.31 Å². The van der Waals surface area contributed by atoms with Crippen molar-refractivity contribution in [3.05, 3.63) is 84.2 Å². The number of para-hydroxylation sites is 1. The van der Waals surface area contributed by atoms with E-state index in [-0.39, 0.29) is 22.8 Å². The molecule has 1 aliphatic rings. The number of likely N-dealkylation sites (tertiary alicyclic amines) is 1. The van der Waals surface area contributed by atoms with Gasteiger partial charge >= 0.3 is 5.97 Å². The average molecular weight is 482 g/mol. The van der Waals surface area contributed by atoms with E-state index in [1.165, 1.54) is 30.6 Å². The molecule has 2 aromatic carbocycles. The molecule has 1 saturated heterocycles. The number of hydrogen-bond acceptors (Lipinski definition) is 5. The Hall–Kier alpha value is -3.59. The Bertz CT molecular complexity index is 1260. The molecule has 1 amide bonds. The zero-order chi connectivity index (χ0) is 24.3. The number of nitrogens with zero attached hydrogens (tertiary/aromatic N) is 3. The summed E-state index contributed by atoms with van der Waals surface area (Å²) in [5, 5.41) is 0. The second kappa shape index (κ2) is 9.72. The van der Waals surface area contributed by atoms with Crippen molar-refractivity contribution >= 4 is 27.6 Å². The monoisotopic (exact) mass is 481 g/mol. The molecule has 2 heterocycles. The maximum absolute atomic E-state index is 13.0. The molecule has 1 aromatic heterocycles. The van der Waals surface area contributed by atoms with Crippen LogP contribution in [0.2, 0.25) is 0 Å². The highest BCUT2D eigenvalue weighted by molar-refractivity contribution is 7.92. The molecule has 3 aromatic rings. The summed E-state index contributed by atoms with van der Waals surface area (Å²) in [7, 11) is -0.875. The van der Waals surface area contributed by atoms with Gasteiger partial charge in [-0.25, -0.2) is 13.2 Å². The lowest BCUT2D eigenvalue weighted by Gasteiger charge is -2.33. The molecule has 0 spiro atoms. The molecule has 9 heteroatoms. The lowest BCUT2D eigenvalue weighted by molar-refractivity contribution is 0.0573. The molecule has 0 aliphatic carbocycles. The smallest absolute Gasteiger partial charge is 0.354 e. The molecule has 1 fully saturated rings. The molecule has 1 aliphatic heterocycles. The van der Waals surface area contributed by atoms with Gasteiger partial charge in [0.05, 0.1) is 17.7 Å². The Morgan fingerprint density at radius 3 is 2.21 bits per heavy atom. The van der Waals surface area contributed by atoms with Crippen LogP contribution in [0.25, 0.3) is 0 Å². The molecule has 0 radical (unpaired) electrons. The molecule has 178 valence electrons. The number of benzene rings is 2. The van der Waals surface area contributed by atoms with Crippen LogP contribution in [0.15, 0.2) is 77.8 Å². The van der Waals surface area contributed by atoms with Crippen molar-refractivity contribution < 1.29 is 22.7 Å². The van der Waals surface area contributed by atoms with Gasteiger partial charge in [-0.2, -0.15) is 0 Å². The Balaban J connectivity index is 1.42. The van der Waals surface area contributed by atoms with Crippen molar-refractivity contribution in [3.63, 3.8) is 0 Å². The summed E-state index contributed by atoms with van der Waals surface area (Å²) >= 11 is 0. The van der Waals surface area contributed by atoms with Crippen LogP contribution in [0.3, 0.4) is 0 Å². The van der Waals surface area contributed by atoms with Crippen molar-refractivity contribution in [2.75, 3.05) is 31.6 Å². The Morgan fingerprint density at radius 1 is 0.941 bits per heavy atom. The minimum Gasteiger partial charge on any atom is -0.464 e. The van der Waals surface area contributed by atoms with Gasteiger partial charge in [0, 0.05) is 37.9 Å². The highest BCUT2D eigenvalue weighted by Crippen LogP contribution is 2.27. The second-order valence-electron chi connectivity index (χ2n) is 8.15. The minimum atomic E-state index is -3.74. The van der Waals surface area contributed by atoms with Gasteiger partial charge < -0.3 is 14.2 Å². The topological polar surface area (TPSA) is 88.9 Å². The Morgan fingerprint density at radius 2 is 1.59 bits per heavy atom. The molecule has 34 heavy (non-hydrogen) atoms. The van der Waals surface area contributed by atoms with Gasteiger partial charge in [0.25, 0.3) is 15.9 Å². The number of amides is 1. The molecular formula is C25H27N3O5S. The first-order chi connectivity index (χ1) is 16.3. The van der Waals surface area contributed by atoms with E-state index in [0.29, 0.717) is 42.9 Å². The van der Waals surface area contributed by atoms with Gasteiger partial charge in [0.15, 0.2) is 0 Å². The van der Waals surface area contributed by atoms with Gasteiger partial charge in [-0.15, -0.1) is 0 Å². The third kappa shape index (κ3) is 4.56. The highest BCUT2D eigenvalue weighted by atomic mass is 32.2. The number of aromatic nitrogens is 1. The van der Waals surface area contributed by atoms with Gasteiger partial charge in [0.2, 0.25) is 0 Å². The normalized spacial score (nSPS) is 14.6. The number of anilines is 1. The first-order valence-corrected chi connectivity index (χ1v) is 12.5. The lowest BCUT2D eigenvalue weighted by Crippen LogP contribution is -2.39. The summed E-state index contributed by atoms with van der Waals surface area (Å²) in [5.41, 5.74) is 1.50. The molecule has 0 bridgehead atoms. The first kappa shape index (κ1) is 23.6. The van der Waals surface area contributed by atoms with E-state index in [0.717, 1.165) is 0 Å². The number of sulfonamides is 1. The fourth-order valence-corrected chi connectivity index (χ4v) is 5.42. The molecule has 0 N–H and O–H groups in total. The fourth-order valence-electron chi connectivity index (χ4n) is 4.22. The maximum Gasteiger partial charge on any atom is 0.354 e. The van der Waals surface area contributed by atoms with Crippen LogP contribution in [0, 0.1) is 0 Å². The van der Waals surface area contributed by atoms with E-state index >= 15 is 0 Å². The van der Waals surface area contributed by atoms with Crippen LogP contribution in [-0.4, -0.2) is 57.0 Å². The molecular weight excluding hydrogens is 454 g/mol. The lowest BCUT2D eigenvalue weighted by atomic mass is 10.0. The molecule has 4 rings (SSSR count). The number of esters is 1. The average Bonchev–Trinajstić information content (AvgIpc) is 3.38. The second-order valence-corrected chi connectivity index (χ2v) is 10.1. The molecule has 0 atom stereocenters. The van der Waals surface area contributed by atoms with E-state index in [4.69, 9.17) is 4.74 Å². The minimum absolute atomic E-state index is 0.106. The summed E-state index contributed by atoms with van der Waals surface area (Å²) in [5.74, 6) is -0.518. The SMILES string of the molecule is COC(=O)c1cccn1C1CCN(C(=O)c2ccc(S(=O)(=O)N(C)c3ccccc3)cc2)CC1. The summed E-state index contributed by atoms with van der Waals surface area (Å²) in [6.07, 6.45) is 3.28. The number of hydrogen-bond donors (Lipinski definition) is 0. The van der Waals surface area contributed by atoms with E-state index in [1.807, 2.05) is 22.9 Å². The van der Waals surface area contributed by atoms with Crippen LogP contribution in [0.1, 0.15) is 39.7 Å². The quantitative estimate of drug-likeness (QED) is 0.502. The van der Waals surface area contributed by atoms with Gasteiger partial charge in [-0.3, -0.25) is 9.10 Å². The maximum atomic E-state index is 13.0. The molecule has 8 nitrogen and oxygen atoms in total. The van der Waals surface area contributed by atoms with E-state index in [9.17, 15) is 18.0 Å². The van der Waals surface area contributed by atoms with Crippen molar-refractivity contribution in [2.45, 2.75) is 23.8 Å². The van der Waals surface area contributed by atoms with E-state index < -0.39 is 10.0 Å². The summed E-state index contributed by atoms with van der Waals surface area (Å²) in [6.45, 7) is 1.08. The Labute approximate surface area is 199 Å². The summed E-state index contributed by atoms with van der Waals surface area (Å²) < 4.78 is 33.9. The zero-order valence-electron chi connectivity index (χ0n) is 19.1. The number of methoxy groups -OCH3 is 1. The van der Waals surface area contributed by atoms with Crippen LogP contribution in [-0.2, 0) is 14.8 Å². The number of carbonyl (C=O) groups is 2. The van der Waals surface area contributed by atoms with Crippen molar-refractivity contribution in [1.29, 1.82) is 0 Å². The molecule has 0 unspecified atom stereocenters.